The molecule has 1 aromatic rings. The van der Waals surface area contributed by atoms with Crippen molar-refractivity contribution >= 4 is 21.7 Å². The fraction of sp³-hybridized carbons (Fsp3) is 0.417. The Hall–Kier alpha value is -1.56. The van der Waals surface area contributed by atoms with E-state index in [4.69, 9.17) is 0 Å². The van der Waals surface area contributed by atoms with Crippen LogP contribution >= 0.6 is 0 Å². The summed E-state index contributed by atoms with van der Waals surface area (Å²) in [4.78, 5) is 11.5. The molecule has 0 aromatic heterocycles. The number of benzene rings is 1. The van der Waals surface area contributed by atoms with Crippen molar-refractivity contribution in [2.24, 2.45) is 0 Å². The van der Waals surface area contributed by atoms with E-state index in [2.05, 4.69) is 4.74 Å². The van der Waals surface area contributed by atoms with E-state index in [-0.39, 0.29) is 0 Å². The fourth-order valence-corrected chi connectivity index (χ4v) is 2.83. The zero-order chi connectivity index (χ0) is 13.9. The Kier molecular flexibility index (Phi) is 4.34. The van der Waals surface area contributed by atoms with Crippen molar-refractivity contribution in [3.05, 3.63) is 29.8 Å². The van der Waals surface area contributed by atoms with Gasteiger partial charge in [0, 0.05) is 0 Å². The Labute approximate surface area is 107 Å². The first-order chi connectivity index (χ1) is 8.27. The predicted octanol–water partition coefficient (Wildman–Crippen LogP) is 1.32. The average molecular weight is 271 g/mol. The molecule has 0 bridgehead atoms. The van der Waals surface area contributed by atoms with Gasteiger partial charge in [0.05, 0.1) is 19.1 Å². The first-order valence-electron chi connectivity index (χ1n) is 5.41. The third-order valence-electron chi connectivity index (χ3n) is 2.54. The smallest absolute Gasteiger partial charge is 0.329 e. The molecule has 0 heterocycles. The molecule has 0 amide bonds. The lowest BCUT2D eigenvalue weighted by molar-refractivity contribution is -0.141. The number of rotatable bonds is 4. The van der Waals surface area contributed by atoms with E-state index in [1.54, 1.807) is 24.3 Å². The summed E-state index contributed by atoms with van der Waals surface area (Å²) in [5, 5.41) is 0. The summed E-state index contributed by atoms with van der Waals surface area (Å²) in [7, 11) is -2.32. The molecule has 100 valence electrons. The monoisotopic (exact) mass is 271 g/mol. The lowest BCUT2D eigenvalue weighted by atomic mass is 10.2. The van der Waals surface area contributed by atoms with E-state index < -0.39 is 22.0 Å². The van der Waals surface area contributed by atoms with Gasteiger partial charge in [-0.1, -0.05) is 17.7 Å². The minimum atomic E-state index is -3.55. The number of carbonyl (C=O) groups is 1. The minimum Gasteiger partial charge on any atom is -0.467 e. The van der Waals surface area contributed by atoms with E-state index in [0.717, 1.165) is 16.1 Å². The summed E-state index contributed by atoms with van der Waals surface area (Å²) in [5.74, 6) is -0.596. The molecule has 0 spiro atoms. The van der Waals surface area contributed by atoms with E-state index in [0.29, 0.717) is 5.69 Å². The van der Waals surface area contributed by atoms with Gasteiger partial charge in [-0.3, -0.25) is 4.31 Å². The third-order valence-corrected chi connectivity index (χ3v) is 3.78. The number of carbonyl (C=O) groups excluding carboxylic acids is 1. The molecule has 5 nitrogen and oxygen atoms in total. The Morgan fingerprint density at radius 3 is 2.17 bits per heavy atom. The van der Waals surface area contributed by atoms with Gasteiger partial charge in [0.15, 0.2) is 0 Å². The summed E-state index contributed by atoms with van der Waals surface area (Å²) >= 11 is 0. The van der Waals surface area contributed by atoms with Gasteiger partial charge in [-0.05, 0) is 26.0 Å². The molecule has 0 saturated heterocycles. The van der Waals surface area contributed by atoms with Crippen LogP contribution in [0.15, 0.2) is 24.3 Å². The second-order valence-electron chi connectivity index (χ2n) is 4.09. The highest BCUT2D eigenvalue weighted by atomic mass is 32.2. The molecule has 0 saturated carbocycles. The quantitative estimate of drug-likeness (QED) is 0.775. The summed E-state index contributed by atoms with van der Waals surface area (Å²) in [6, 6.07) is 6.01. The molecule has 0 unspecified atom stereocenters. The van der Waals surface area contributed by atoms with Crippen LogP contribution in [0.4, 0.5) is 5.69 Å². The van der Waals surface area contributed by atoms with Crippen LogP contribution in [0.2, 0.25) is 0 Å². The Bertz CT molecular complexity index is 522. The number of ether oxygens (including phenoxy) is 1. The van der Waals surface area contributed by atoms with Crippen molar-refractivity contribution < 1.29 is 17.9 Å². The largest absolute Gasteiger partial charge is 0.467 e. The van der Waals surface area contributed by atoms with Gasteiger partial charge in [-0.25, -0.2) is 13.2 Å². The molecular weight excluding hydrogens is 254 g/mol. The molecule has 1 aromatic carbocycles. The predicted molar refractivity (Wildman–Crippen MR) is 70.0 cm³/mol. The normalized spacial score (nSPS) is 12.9. The van der Waals surface area contributed by atoms with Crippen LogP contribution < -0.4 is 4.31 Å². The van der Waals surface area contributed by atoms with Crippen molar-refractivity contribution in [3.8, 4) is 0 Å². The Morgan fingerprint density at radius 1 is 1.28 bits per heavy atom. The highest BCUT2D eigenvalue weighted by Crippen LogP contribution is 2.21. The molecule has 0 aliphatic rings. The van der Waals surface area contributed by atoms with Crippen LogP contribution in [0.25, 0.3) is 0 Å². The molecular formula is C12H17NO4S. The number of nitrogens with zero attached hydrogens (tertiary/aromatic N) is 1. The molecule has 0 radical (unpaired) electrons. The zero-order valence-corrected chi connectivity index (χ0v) is 11.7. The maximum absolute atomic E-state index is 11.8. The van der Waals surface area contributed by atoms with Gasteiger partial charge in [-0.15, -0.1) is 0 Å². The zero-order valence-electron chi connectivity index (χ0n) is 10.9. The van der Waals surface area contributed by atoms with Crippen molar-refractivity contribution in [3.63, 3.8) is 0 Å². The van der Waals surface area contributed by atoms with Gasteiger partial charge in [0.2, 0.25) is 10.0 Å². The van der Waals surface area contributed by atoms with Crippen LogP contribution in [-0.4, -0.2) is 33.8 Å². The number of esters is 1. The van der Waals surface area contributed by atoms with Gasteiger partial charge in [0.25, 0.3) is 0 Å². The lowest BCUT2D eigenvalue weighted by Crippen LogP contribution is -2.43. The van der Waals surface area contributed by atoms with E-state index >= 15 is 0 Å². The molecule has 0 aliphatic carbocycles. The van der Waals surface area contributed by atoms with Crippen LogP contribution in [0, 0.1) is 6.92 Å². The van der Waals surface area contributed by atoms with E-state index in [9.17, 15) is 13.2 Å². The molecule has 1 atom stereocenters. The lowest BCUT2D eigenvalue weighted by Gasteiger charge is -2.27. The van der Waals surface area contributed by atoms with Crippen molar-refractivity contribution in [1.82, 2.24) is 0 Å². The standard InChI is InChI=1S/C12H17NO4S/c1-9-5-7-11(8-6-9)13(18(4,15)16)10(2)12(14)17-3/h5-8,10H,1-4H3/t10-/m1/s1. The Balaban J connectivity index is 3.23. The highest BCUT2D eigenvalue weighted by Gasteiger charge is 2.29. The van der Waals surface area contributed by atoms with Gasteiger partial charge < -0.3 is 4.74 Å². The van der Waals surface area contributed by atoms with Crippen molar-refractivity contribution in [2.75, 3.05) is 17.7 Å². The maximum atomic E-state index is 11.8. The number of hydrogen-bond acceptors (Lipinski definition) is 4. The molecule has 0 fully saturated rings. The van der Waals surface area contributed by atoms with E-state index in [1.807, 2.05) is 6.92 Å². The topological polar surface area (TPSA) is 63.7 Å². The van der Waals surface area contributed by atoms with Gasteiger partial charge >= 0.3 is 5.97 Å². The SMILES string of the molecule is COC(=O)[C@@H](C)N(c1ccc(C)cc1)S(C)(=O)=O. The highest BCUT2D eigenvalue weighted by molar-refractivity contribution is 7.92. The Morgan fingerprint density at radius 2 is 1.78 bits per heavy atom. The van der Waals surface area contributed by atoms with Gasteiger partial charge in [-0.2, -0.15) is 0 Å². The number of methoxy groups -OCH3 is 1. The molecule has 6 heteroatoms. The third kappa shape index (κ3) is 3.22. The van der Waals surface area contributed by atoms with Gasteiger partial charge in [0.1, 0.15) is 6.04 Å². The minimum absolute atomic E-state index is 0.445. The van der Waals surface area contributed by atoms with Crippen LogP contribution in [-0.2, 0) is 19.6 Å². The maximum Gasteiger partial charge on any atom is 0.329 e. The molecule has 0 aliphatic heterocycles. The summed E-state index contributed by atoms with van der Waals surface area (Å²) in [6.07, 6.45) is 1.06. The molecule has 1 rings (SSSR count). The van der Waals surface area contributed by atoms with Crippen LogP contribution in [0.3, 0.4) is 0 Å². The number of aryl methyl sites for hydroxylation is 1. The summed E-state index contributed by atoms with van der Waals surface area (Å²) in [6.45, 7) is 3.39. The number of sulfonamides is 1. The summed E-state index contributed by atoms with van der Waals surface area (Å²) in [5.41, 5.74) is 1.46. The second kappa shape index (κ2) is 5.39. The average Bonchev–Trinajstić information content (AvgIpc) is 2.29. The first kappa shape index (κ1) is 14.5. The number of hydrogen-bond donors (Lipinski definition) is 0. The summed E-state index contributed by atoms with van der Waals surface area (Å²) < 4.78 is 29.2. The van der Waals surface area contributed by atoms with Crippen molar-refractivity contribution in [2.45, 2.75) is 19.9 Å². The molecule has 0 N–H and O–H groups in total. The van der Waals surface area contributed by atoms with Crippen LogP contribution in [0.5, 0.6) is 0 Å². The number of anilines is 1. The van der Waals surface area contributed by atoms with Crippen LogP contribution in [0.1, 0.15) is 12.5 Å². The van der Waals surface area contributed by atoms with E-state index in [1.165, 1.54) is 14.0 Å². The first-order valence-corrected chi connectivity index (χ1v) is 7.26. The second-order valence-corrected chi connectivity index (χ2v) is 5.95. The fourth-order valence-electron chi connectivity index (χ4n) is 1.66. The van der Waals surface area contributed by atoms with Crippen molar-refractivity contribution in [1.29, 1.82) is 0 Å². The molecule has 18 heavy (non-hydrogen) atoms.